The van der Waals surface area contributed by atoms with Crippen molar-refractivity contribution in [3.8, 4) is 11.5 Å². The number of hydrogen-bond acceptors (Lipinski definition) is 4. The largest absolute Gasteiger partial charge is 0.493 e. The Hall–Kier alpha value is -2.17. The zero-order valence-corrected chi connectivity index (χ0v) is 13.1. The van der Waals surface area contributed by atoms with Crippen molar-refractivity contribution in [3.05, 3.63) is 36.2 Å². The molecule has 0 bridgehead atoms. The van der Waals surface area contributed by atoms with Gasteiger partial charge in [-0.15, -0.1) is 0 Å². The van der Waals surface area contributed by atoms with Crippen LogP contribution in [0, 0.1) is 0 Å². The minimum atomic E-state index is 0.174. The van der Waals surface area contributed by atoms with E-state index in [1.54, 1.807) is 7.11 Å². The standard InChI is InChI=1S/C16H23N3O2/c1-5-19-11-13(10-17-19)12(3)18-14-7-8-15(21-6-2)16(9-14)20-4/h7-12,18H,5-6H2,1-4H3. The number of rotatable bonds is 7. The molecule has 2 rings (SSSR count). The van der Waals surface area contributed by atoms with E-state index in [2.05, 4.69) is 30.5 Å². The van der Waals surface area contributed by atoms with Crippen molar-refractivity contribution in [2.75, 3.05) is 19.0 Å². The molecule has 0 aliphatic heterocycles. The van der Waals surface area contributed by atoms with Crippen LogP contribution in [0.4, 0.5) is 5.69 Å². The van der Waals surface area contributed by atoms with Crippen LogP contribution in [0.25, 0.3) is 0 Å². The highest BCUT2D eigenvalue weighted by Crippen LogP contribution is 2.31. The van der Waals surface area contributed by atoms with Gasteiger partial charge < -0.3 is 14.8 Å². The third-order valence-corrected chi connectivity index (χ3v) is 3.32. The highest BCUT2D eigenvalue weighted by Gasteiger charge is 2.10. The van der Waals surface area contributed by atoms with Crippen LogP contribution in [-0.2, 0) is 6.54 Å². The fourth-order valence-corrected chi connectivity index (χ4v) is 2.14. The van der Waals surface area contributed by atoms with Gasteiger partial charge >= 0.3 is 0 Å². The highest BCUT2D eigenvalue weighted by molar-refractivity contribution is 5.55. The third-order valence-electron chi connectivity index (χ3n) is 3.32. The first-order valence-electron chi connectivity index (χ1n) is 7.27. The molecule has 1 heterocycles. The summed E-state index contributed by atoms with van der Waals surface area (Å²) in [4.78, 5) is 0. The Morgan fingerprint density at radius 3 is 2.71 bits per heavy atom. The summed E-state index contributed by atoms with van der Waals surface area (Å²) in [6.45, 7) is 7.64. The topological polar surface area (TPSA) is 48.3 Å². The van der Waals surface area contributed by atoms with Crippen LogP contribution in [-0.4, -0.2) is 23.5 Å². The maximum atomic E-state index is 5.52. The number of nitrogens with one attached hydrogen (secondary N) is 1. The molecule has 5 heteroatoms. The molecule has 1 unspecified atom stereocenters. The fourth-order valence-electron chi connectivity index (χ4n) is 2.14. The lowest BCUT2D eigenvalue weighted by molar-refractivity contribution is 0.311. The van der Waals surface area contributed by atoms with Gasteiger partial charge in [0.1, 0.15) is 0 Å². The molecular formula is C16H23N3O2. The molecule has 0 aliphatic carbocycles. The minimum absolute atomic E-state index is 0.174. The molecule has 1 aromatic carbocycles. The van der Waals surface area contributed by atoms with Crippen LogP contribution in [0.2, 0.25) is 0 Å². The summed E-state index contributed by atoms with van der Waals surface area (Å²) in [7, 11) is 1.65. The van der Waals surface area contributed by atoms with Crippen LogP contribution < -0.4 is 14.8 Å². The Balaban J connectivity index is 2.11. The zero-order chi connectivity index (χ0) is 15.2. The second kappa shape index (κ2) is 7.02. The van der Waals surface area contributed by atoms with Crippen LogP contribution >= 0.6 is 0 Å². The molecule has 1 N–H and O–H groups in total. The maximum Gasteiger partial charge on any atom is 0.162 e. The van der Waals surface area contributed by atoms with Gasteiger partial charge in [-0.25, -0.2) is 0 Å². The summed E-state index contributed by atoms with van der Waals surface area (Å²) in [5.41, 5.74) is 2.15. The van der Waals surface area contributed by atoms with Gasteiger partial charge in [0.15, 0.2) is 11.5 Å². The van der Waals surface area contributed by atoms with Crippen LogP contribution in [0.1, 0.15) is 32.4 Å². The van der Waals surface area contributed by atoms with Crippen LogP contribution in [0.3, 0.4) is 0 Å². The van der Waals surface area contributed by atoms with Gasteiger partial charge in [-0.3, -0.25) is 4.68 Å². The van der Waals surface area contributed by atoms with Crippen molar-refractivity contribution in [3.63, 3.8) is 0 Å². The molecule has 2 aromatic rings. The van der Waals surface area contributed by atoms with Gasteiger partial charge in [0, 0.05) is 30.1 Å². The molecule has 0 aliphatic rings. The Morgan fingerprint density at radius 1 is 1.29 bits per heavy atom. The van der Waals surface area contributed by atoms with E-state index in [0.29, 0.717) is 6.61 Å². The van der Waals surface area contributed by atoms with Crippen molar-refractivity contribution >= 4 is 5.69 Å². The lowest BCUT2D eigenvalue weighted by Gasteiger charge is -2.16. The minimum Gasteiger partial charge on any atom is -0.493 e. The normalized spacial score (nSPS) is 12.0. The number of anilines is 1. The number of methoxy groups -OCH3 is 1. The van der Waals surface area contributed by atoms with Crippen molar-refractivity contribution in [2.24, 2.45) is 0 Å². The predicted octanol–water partition coefficient (Wildman–Crippen LogP) is 3.48. The molecule has 0 fully saturated rings. The summed E-state index contributed by atoms with van der Waals surface area (Å²) < 4.78 is 12.8. The molecule has 0 saturated carbocycles. The summed E-state index contributed by atoms with van der Waals surface area (Å²) in [5.74, 6) is 1.50. The number of benzene rings is 1. The maximum absolute atomic E-state index is 5.52. The fraction of sp³-hybridized carbons (Fsp3) is 0.438. The molecule has 5 nitrogen and oxygen atoms in total. The van der Waals surface area contributed by atoms with Gasteiger partial charge in [0.2, 0.25) is 0 Å². The summed E-state index contributed by atoms with van der Waals surface area (Å²) in [6.07, 6.45) is 3.95. The molecule has 0 radical (unpaired) electrons. The monoisotopic (exact) mass is 289 g/mol. The second-order valence-electron chi connectivity index (χ2n) is 4.79. The SMILES string of the molecule is CCOc1ccc(NC(C)c2cnn(CC)c2)cc1OC. The summed E-state index contributed by atoms with van der Waals surface area (Å²) in [5, 5.41) is 7.75. The summed E-state index contributed by atoms with van der Waals surface area (Å²) in [6, 6.07) is 6.04. The highest BCUT2D eigenvalue weighted by atomic mass is 16.5. The van der Waals surface area contributed by atoms with E-state index in [1.165, 1.54) is 0 Å². The van der Waals surface area contributed by atoms with Gasteiger partial charge in [0.05, 0.1) is 26.0 Å². The molecule has 114 valence electrons. The van der Waals surface area contributed by atoms with E-state index >= 15 is 0 Å². The molecule has 0 amide bonds. The number of nitrogens with zero attached hydrogens (tertiary/aromatic N) is 2. The van der Waals surface area contributed by atoms with E-state index in [-0.39, 0.29) is 6.04 Å². The van der Waals surface area contributed by atoms with Crippen LogP contribution in [0.15, 0.2) is 30.6 Å². The Morgan fingerprint density at radius 2 is 2.10 bits per heavy atom. The molecule has 21 heavy (non-hydrogen) atoms. The zero-order valence-electron chi connectivity index (χ0n) is 13.1. The van der Waals surface area contributed by atoms with Crippen LogP contribution in [0.5, 0.6) is 11.5 Å². The van der Waals surface area contributed by atoms with Crippen molar-refractivity contribution in [2.45, 2.75) is 33.4 Å². The lowest BCUT2D eigenvalue weighted by Crippen LogP contribution is -2.06. The van der Waals surface area contributed by atoms with E-state index < -0.39 is 0 Å². The predicted molar refractivity (Wildman–Crippen MR) is 84.1 cm³/mol. The third kappa shape index (κ3) is 3.68. The molecule has 0 spiro atoms. The Bertz CT molecular complexity index is 581. The molecule has 1 atom stereocenters. The van der Waals surface area contributed by atoms with E-state index in [4.69, 9.17) is 9.47 Å². The Labute approximate surface area is 125 Å². The quantitative estimate of drug-likeness (QED) is 0.847. The molecular weight excluding hydrogens is 266 g/mol. The number of hydrogen-bond donors (Lipinski definition) is 1. The van der Waals surface area contributed by atoms with Gasteiger partial charge in [0.25, 0.3) is 0 Å². The molecule has 1 aromatic heterocycles. The first kappa shape index (κ1) is 15.2. The smallest absolute Gasteiger partial charge is 0.162 e. The van der Waals surface area contributed by atoms with Crippen molar-refractivity contribution in [1.29, 1.82) is 0 Å². The average Bonchev–Trinajstić information content (AvgIpc) is 2.98. The number of aromatic nitrogens is 2. The van der Waals surface area contributed by atoms with E-state index in [1.807, 2.05) is 36.0 Å². The van der Waals surface area contributed by atoms with Gasteiger partial charge in [-0.05, 0) is 32.9 Å². The Kier molecular flexibility index (Phi) is 5.09. The number of ether oxygens (including phenoxy) is 2. The van der Waals surface area contributed by atoms with Crippen molar-refractivity contribution in [1.82, 2.24) is 9.78 Å². The van der Waals surface area contributed by atoms with Crippen molar-refractivity contribution < 1.29 is 9.47 Å². The second-order valence-corrected chi connectivity index (χ2v) is 4.79. The molecule has 0 saturated heterocycles. The average molecular weight is 289 g/mol. The number of aryl methyl sites for hydroxylation is 1. The first-order chi connectivity index (χ1) is 10.2. The summed E-state index contributed by atoms with van der Waals surface area (Å²) >= 11 is 0. The lowest BCUT2D eigenvalue weighted by atomic mass is 10.1. The van der Waals surface area contributed by atoms with Gasteiger partial charge in [-0.1, -0.05) is 0 Å². The first-order valence-corrected chi connectivity index (χ1v) is 7.27. The van der Waals surface area contributed by atoms with E-state index in [9.17, 15) is 0 Å². The van der Waals surface area contributed by atoms with E-state index in [0.717, 1.165) is 29.3 Å². The van der Waals surface area contributed by atoms with Gasteiger partial charge in [-0.2, -0.15) is 5.10 Å².